The molecule has 4 amide bonds. The molecule has 0 unspecified atom stereocenters. The van der Waals surface area contributed by atoms with Gasteiger partial charge < -0.3 is 10.6 Å². The first kappa shape index (κ1) is 22.1. The smallest absolute Gasteiger partial charge is 0.323 e. The number of imide groups is 1. The molecule has 1 aliphatic carbocycles. The number of carbonyl (C=O) groups is 3. The minimum atomic E-state index is -0.905. The second kappa shape index (κ2) is 8.91. The van der Waals surface area contributed by atoms with Crippen LogP contribution in [0.2, 0.25) is 5.02 Å². The van der Waals surface area contributed by atoms with Gasteiger partial charge in [-0.2, -0.15) is 0 Å². The summed E-state index contributed by atoms with van der Waals surface area (Å²) in [5, 5.41) is 5.85. The predicted octanol–water partition coefficient (Wildman–Crippen LogP) is 5.14. The Bertz CT molecular complexity index is 1240. The molecule has 7 nitrogen and oxygen atoms in total. The van der Waals surface area contributed by atoms with E-state index in [1.54, 1.807) is 30.3 Å². The van der Waals surface area contributed by atoms with Crippen molar-refractivity contribution in [3.63, 3.8) is 0 Å². The van der Waals surface area contributed by atoms with Crippen LogP contribution in [0.1, 0.15) is 47.7 Å². The zero-order chi connectivity index (χ0) is 23.7. The monoisotopic (exact) mass is 474 g/mol. The van der Waals surface area contributed by atoms with Gasteiger partial charge in [0, 0.05) is 11.9 Å². The molecule has 1 aromatic heterocycles. The van der Waals surface area contributed by atoms with E-state index in [9.17, 15) is 14.4 Å². The average Bonchev–Trinajstić information content (AvgIpc) is 3.09. The van der Waals surface area contributed by atoms with E-state index in [0.717, 1.165) is 17.7 Å². The quantitative estimate of drug-likeness (QED) is 0.512. The number of hydrogen-bond acceptors (Lipinski definition) is 4. The van der Waals surface area contributed by atoms with E-state index in [2.05, 4.69) is 27.8 Å². The van der Waals surface area contributed by atoms with Gasteiger partial charge in [0.05, 0.1) is 10.7 Å². The molecule has 1 saturated heterocycles. The summed E-state index contributed by atoms with van der Waals surface area (Å²) < 4.78 is 0. The van der Waals surface area contributed by atoms with E-state index >= 15 is 0 Å². The number of anilines is 2. The van der Waals surface area contributed by atoms with Crippen molar-refractivity contribution >= 4 is 40.8 Å². The standard InChI is InChI=1S/C26H23ClN4O3/c27-20-16-19(29-23(32)21-8-4-5-15-28-21)9-10-22(20)31-24(33)26(30-25(31)34)13-11-18(12-14-26)17-6-2-1-3-7-17/h1-10,15-16,18H,11-14H2,(H,29,32)(H,30,34). The molecule has 1 saturated carbocycles. The number of nitrogens with zero attached hydrogens (tertiary/aromatic N) is 2. The van der Waals surface area contributed by atoms with Crippen molar-refractivity contribution in [1.29, 1.82) is 0 Å². The maximum absolute atomic E-state index is 13.4. The van der Waals surface area contributed by atoms with Crippen molar-refractivity contribution in [2.45, 2.75) is 37.1 Å². The van der Waals surface area contributed by atoms with E-state index in [4.69, 9.17) is 11.6 Å². The fourth-order valence-electron chi connectivity index (χ4n) is 4.81. The van der Waals surface area contributed by atoms with Gasteiger partial charge in [0.2, 0.25) is 0 Å². The molecule has 1 spiro atoms. The fraction of sp³-hybridized carbons (Fsp3) is 0.231. The van der Waals surface area contributed by atoms with Gasteiger partial charge in [-0.15, -0.1) is 0 Å². The maximum atomic E-state index is 13.4. The normalized spacial score (nSPS) is 22.0. The summed E-state index contributed by atoms with van der Waals surface area (Å²) in [5.41, 5.74) is 1.36. The third-order valence-corrected chi connectivity index (χ3v) is 6.92. The number of benzene rings is 2. The summed E-state index contributed by atoms with van der Waals surface area (Å²) >= 11 is 6.46. The molecule has 3 aromatic rings. The van der Waals surface area contributed by atoms with Crippen LogP contribution in [-0.4, -0.2) is 28.4 Å². The Hall–Kier alpha value is -3.71. The number of amides is 4. The van der Waals surface area contributed by atoms with E-state index in [0.29, 0.717) is 30.1 Å². The Morgan fingerprint density at radius 2 is 1.76 bits per heavy atom. The van der Waals surface area contributed by atoms with Gasteiger partial charge in [-0.05, 0) is 67.5 Å². The lowest BCUT2D eigenvalue weighted by atomic mass is 9.74. The van der Waals surface area contributed by atoms with Gasteiger partial charge in [-0.25, -0.2) is 9.69 Å². The molecule has 172 valence electrons. The largest absolute Gasteiger partial charge is 0.329 e. The number of carbonyl (C=O) groups excluding carboxylic acids is 3. The number of halogens is 1. The number of urea groups is 1. The molecule has 1 aliphatic heterocycles. The highest BCUT2D eigenvalue weighted by atomic mass is 35.5. The minimum absolute atomic E-state index is 0.192. The fourth-order valence-corrected chi connectivity index (χ4v) is 5.07. The minimum Gasteiger partial charge on any atom is -0.323 e. The third kappa shape index (κ3) is 4.03. The second-order valence-corrected chi connectivity index (χ2v) is 9.08. The number of nitrogens with one attached hydrogen (secondary N) is 2. The lowest BCUT2D eigenvalue weighted by Crippen LogP contribution is -2.49. The Morgan fingerprint density at radius 1 is 1.03 bits per heavy atom. The predicted molar refractivity (Wildman–Crippen MR) is 130 cm³/mol. The van der Waals surface area contributed by atoms with Crippen molar-refractivity contribution in [3.05, 3.63) is 89.2 Å². The van der Waals surface area contributed by atoms with Crippen LogP contribution in [0.5, 0.6) is 0 Å². The summed E-state index contributed by atoms with van der Waals surface area (Å²) in [6.07, 6.45) is 4.31. The highest BCUT2D eigenvalue weighted by molar-refractivity contribution is 6.36. The summed E-state index contributed by atoms with van der Waals surface area (Å²) in [6.45, 7) is 0. The number of rotatable bonds is 4. The topological polar surface area (TPSA) is 91.4 Å². The number of hydrogen-bond donors (Lipinski definition) is 2. The van der Waals surface area contributed by atoms with Crippen LogP contribution in [0.15, 0.2) is 72.9 Å². The number of pyridine rings is 1. The Kier molecular flexibility index (Phi) is 5.79. The summed E-state index contributed by atoms with van der Waals surface area (Å²) in [5.74, 6) is -0.291. The zero-order valence-corrected chi connectivity index (χ0v) is 19.1. The van der Waals surface area contributed by atoms with Crippen LogP contribution in [-0.2, 0) is 4.79 Å². The lowest BCUT2D eigenvalue weighted by Gasteiger charge is -2.35. The summed E-state index contributed by atoms with van der Waals surface area (Å²) in [4.78, 5) is 43.8. The van der Waals surface area contributed by atoms with Crippen molar-refractivity contribution in [1.82, 2.24) is 10.3 Å². The molecule has 8 heteroatoms. The first-order chi connectivity index (χ1) is 16.5. The summed E-state index contributed by atoms with van der Waals surface area (Å²) in [7, 11) is 0. The molecule has 5 rings (SSSR count). The Balaban J connectivity index is 1.31. The van der Waals surface area contributed by atoms with Crippen LogP contribution in [0.3, 0.4) is 0 Å². The van der Waals surface area contributed by atoms with Gasteiger partial charge >= 0.3 is 6.03 Å². The zero-order valence-electron chi connectivity index (χ0n) is 18.3. The SMILES string of the molecule is O=C(Nc1ccc(N2C(=O)NC3(CCC(c4ccccc4)CC3)C2=O)c(Cl)c1)c1ccccn1. The molecule has 0 atom stereocenters. The highest BCUT2D eigenvalue weighted by Crippen LogP contribution is 2.43. The highest BCUT2D eigenvalue weighted by Gasteiger charge is 2.53. The molecule has 2 N–H and O–H groups in total. The van der Waals surface area contributed by atoms with Crippen LogP contribution in [0.4, 0.5) is 16.2 Å². The summed E-state index contributed by atoms with van der Waals surface area (Å²) in [6, 6.07) is 19.5. The lowest BCUT2D eigenvalue weighted by molar-refractivity contribution is -0.123. The van der Waals surface area contributed by atoms with E-state index in [-0.39, 0.29) is 22.5 Å². The molecule has 34 heavy (non-hydrogen) atoms. The number of aromatic nitrogens is 1. The van der Waals surface area contributed by atoms with Crippen molar-refractivity contribution in [2.75, 3.05) is 10.2 Å². The first-order valence-electron chi connectivity index (χ1n) is 11.2. The third-order valence-electron chi connectivity index (χ3n) is 6.62. The first-order valence-corrected chi connectivity index (χ1v) is 11.6. The van der Waals surface area contributed by atoms with Crippen molar-refractivity contribution in [2.24, 2.45) is 0 Å². The Labute approximate surface area is 202 Å². The molecule has 2 aromatic carbocycles. The van der Waals surface area contributed by atoms with Crippen molar-refractivity contribution < 1.29 is 14.4 Å². The van der Waals surface area contributed by atoms with Crippen LogP contribution < -0.4 is 15.5 Å². The van der Waals surface area contributed by atoms with E-state index in [1.807, 2.05) is 18.2 Å². The van der Waals surface area contributed by atoms with Crippen molar-refractivity contribution in [3.8, 4) is 0 Å². The van der Waals surface area contributed by atoms with E-state index in [1.165, 1.54) is 17.8 Å². The van der Waals surface area contributed by atoms with Gasteiger partial charge in [-0.1, -0.05) is 48.0 Å². The molecule has 2 aliphatic rings. The van der Waals surface area contributed by atoms with Gasteiger partial charge in [-0.3, -0.25) is 14.6 Å². The van der Waals surface area contributed by atoms with Gasteiger partial charge in [0.25, 0.3) is 11.8 Å². The molecule has 0 bridgehead atoms. The molecule has 0 radical (unpaired) electrons. The maximum Gasteiger partial charge on any atom is 0.329 e. The molecular weight excluding hydrogens is 452 g/mol. The van der Waals surface area contributed by atoms with Crippen LogP contribution in [0, 0.1) is 0 Å². The van der Waals surface area contributed by atoms with Crippen LogP contribution in [0.25, 0.3) is 0 Å². The van der Waals surface area contributed by atoms with Gasteiger partial charge in [0.15, 0.2) is 0 Å². The van der Waals surface area contributed by atoms with Crippen LogP contribution >= 0.6 is 11.6 Å². The molecular formula is C26H23ClN4O3. The molecule has 2 heterocycles. The second-order valence-electron chi connectivity index (χ2n) is 8.67. The van der Waals surface area contributed by atoms with Gasteiger partial charge in [0.1, 0.15) is 11.2 Å². The average molecular weight is 475 g/mol. The molecule has 2 fully saturated rings. The Morgan fingerprint density at radius 3 is 2.44 bits per heavy atom. The van der Waals surface area contributed by atoms with E-state index < -0.39 is 11.6 Å².